The van der Waals surface area contributed by atoms with E-state index in [1.807, 2.05) is 13.8 Å². The maximum absolute atomic E-state index is 12.5. The van der Waals surface area contributed by atoms with Gasteiger partial charge in [-0.3, -0.25) is 9.48 Å². The van der Waals surface area contributed by atoms with E-state index >= 15 is 0 Å². The number of hydrogen-bond donors (Lipinski definition) is 1. The molecule has 0 bridgehead atoms. The molecule has 24 heavy (non-hydrogen) atoms. The van der Waals surface area contributed by atoms with Gasteiger partial charge >= 0.3 is 5.97 Å². The van der Waals surface area contributed by atoms with Crippen LogP contribution in [0.5, 0.6) is 0 Å². The first kappa shape index (κ1) is 16.7. The first-order valence-corrected chi connectivity index (χ1v) is 9.04. The zero-order valence-electron chi connectivity index (χ0n) is 14.1. The van der Waals surface area contributed by atoms with Gasteiger partial charge in [0.1, 0.15) is 5.00 Å². The molecule has 1 aliphatic carbocycles. The van der Waals surface area contributed by atoms with Crippen LogP contribution in [0.3, 0.4) is 0 Å². The van der Waals surface area contributed by atoms with E-state index in [1.165, 1.54) is 16.2 Å². The molecule has 0 saturated heterocycles. The van der Waals surface area contributed by atoms with Crippen molar-refractivity contribution in [3.05, 3.63) is 33.5 Å². The van der Waals surface area contributed by atoms with Gasteiger partial charge in [-0.15, -0.1) is 11.3 Å². The summed E-state index contributed by atoms with van der Waals surface area (Å²) in [6, 6.07) is 1.75. The van der Waals surface area contributed by atoms with E-state index in [4.69, 9.17) is 4.74 Å². The Labute approximate surface area is 144 Å². The van der Waals surface area contributed by atoms with Crippen molar-refractivity contribution in [2.75, 3.05) is 11.9 Å². The number of anilines is 1. The largest absolute Gasteiger partial charge is 0.462 e. The van der Waals surface area contributed by atoms with E-state index in [0.29, 0.717) is 29.4 Å². The highest BCUT2D eigenvalue weighted by Gasteiger charge is 2.28. The lowest BCUT2D eigenvalue weighted by Gasteiger charge is -2.07. The predicted molar refractivity (Wildman–Crippen MR) is 92.9 cm³/mol. The fraction of sp³-hybridized carbons (Fsp3) is 0.471. The van der Waals surface area contributed by atoms with Gasteiger partial charge in [0.15, 0.2) is 5.69 Å². The van der Waals surface area contributed by atoms with Crippen LogP contribution in [0, 0.1) is 6.92 Å². The minimum Gasteiger partial charge on any atom is -0.462 e. The number of esters is 1. The number of aromatic nitrogens is 2. The summed E-state index contributed by atoms with van der Waals surface area (Å²) in [7, 11) is 0. The van der Waals surface area contributed by atoms with Crippen LogP contribution in [0.1, 0.15) is 57.2 Å². The van der Waals surface area contributed by atoms with Gasteiger partial charge < -0.3 is 10.1 Å². The monoisotopic (exact) mass is 347 g/mol. The normalized spacial score (nSPS) is 13.0. The quantitative estimate of drug-likeness (QED) is 0.843. The van der Waals surface area contributed by atoms with Gasteiger partial charge in [0, 0.05) is 17.1 Å². The summed E-state index contributed by atoms with van der Waals surface area (Å²) < 4.78 is 6.95. The molecule has 1 amide bonds. The van der Waals surface area contributed by atoms with Gasteiger partial charge in [-0.05, 0) is 51.7 Å². The Bertz CT molecular complexity index is 791. The molecule has 0 aliphatic heterocycles. The summed E-state index contributed by atoms with van der Waals surface area (Å²) >= 11 is 1.48. The molecule has 0 saturated carbocycles. The molecule has 3 rings (SSSR count). The molecule has 0 spiro atoms. The van der Waals surface area contributed by atoms with Gasteiger partial charge in [-0.2, -0.15) is 5.10 Å². The Morgan fingerprint density at radius 1 is 1.38 bits per heavy atom. The summed E-state index contributed by atoms with van der Waals surface area (Å²) in [6.07, 6.45) is 2.85. The number of rotatable bonds is 5. The first-order chi connectivity index (χ1) is 11.5. The Hall–Kier alpha value is -2.15. The number of ether oxygens (including phenoxy) is 1. The third-order valence-electron chi connectivity index (χ3n) is 4.14. The van der Waals surface area contributed by atoms with Crippen LogP contribution in [-0.4, -0.2) is 28.3 Å². The number of hydrogen-bond acceptors (Lipinski definition) is 5. The van der Waals surface area contributed by atoms with Crippen LogP contribution >= 0.6 is 11.3 Å². The molecule has 7 heteroatoms. The standard InChI is InChI=1S/C17H21N3O3S/c1-4-20-10(3)9-12(19-20)15(21)18-16-14(17(22)23-5-2)11-7-6-8-13(11)24-16/h9H,4-8H2,1-3H3,(H,18,21). The highest BCUT2D eigenvalue weighted by Crippen LogP contribution is 2.39. The summed E-state index contributed by atoms with van der Waals surface area (Å²) in [5, 5.41) is 7.73. The lowest BCUT2D eigenvalue weighted by atomic mass is 10.1. The molecule has 128 valence electrons. The van der Waals surface area contributed by atoms with Crippen molar-refractivity contribution >= 4 is 28.2 Å². The summed E-state index contributed by atoms with van der Waals surface area (Å²) in [5.41, 5.74) is 2.85. The van der Waals surface area contributed by atoms with E-state index in [2.05, 4.69) is 10.4 Å². The van der Waals surface area contributed by atoms with E-state index in [1.54, 1.807) is 17.7 Å². The average Bonchev–Trinajstić information content (AvgIpc) is 3.21. The van der Waals surface area contributed by atoms with Crippen LogP contribution in [0.15, 0.2) is 6.07 Å². The predicted octanol–water partition coefficient (Wildman–Crippen LogP) is 3.19. The summed E-state index contributed by atoms with van der Waals surface area (Å²) in [5.74, 6) is -0.654. The summed E-state index contributed by atoms with van der Waals surface area (Å²) in [4.78, 5) is 26.0. The number of amides is 1. The fourth-order valence-electron chi connectivity index (χ4n) is 3.02. The number of carbonyl (C=O) groups excluding carboxylic acids is 2. The maximum Gasteiger partial charge on any atom is 0.341 e. The molecule has 0 fully saturated rings. The van der Waals surface area contributed by atoms with Crippen molar-refractivity contribution in [2.24, 2.45) is 0 Å². The summed E-state index contributed by atoms with van der Waals surface area (Å²) in [6.45, 7) is 6.70. The topological polar surface area (TPSA) is 73.2 Å². The van der Waals surface area contributed by atoms with E-state index < -0.39 is 0 Å². The number of nitrogens with one attached hydrogen (secondary N) is 1. The molecule has 0 radical (unpaired) electrons. The minimum absolute atomic E-state index is 0.296. The van der Waals surface area contributed by atoms with Gasteiger partial charge in [0.2, 0.25) is 0 Å². The highest BCUT2D eigenvalue weighted by atomic mass is 32.1. The highest BCUT2D eigenvalue weighted by molar-refractivity contribution is 7.17. The molecule has 0 atom stereocenters. The Morgan fingerprint density at radius 3 is 2.83 bits per heavy atom. The van der Waals surface area contributed by atoms with Gasteiger partial charge in [-0.1, -0.05) is 0 Å². The van der Waals surface area contributed by atoms with Gasteiger partial charge in [0.25, 0.3) is 5.91 Å². The third-order valence-corrected chi connectivity index (χ3v) is 5.35. The van der Waals surface area contributed by atoms with Gasteiger partial charge in [0.05, 0.1) is 12.2 Å². The second-order valence-electron chi connectivity index (χ2n) is 5.72. The molecule has 2 aromatic heterocycles. The minimum atomic E-state index is -0.359. The SMILES string of the molecule is CCOC(=O)c1c(NC(=O)c2cc(C)n(CC)n2)sc2c1CCC2. The number of aryl methyl sites for hydroxylation is 3. The molecule has 1 aliphatic rings. The van der Waals surface area contributed by atoms with E-state index in [-0.39, 0.29) is 11.9 Å². The molecule has 6 nitrogen and oxygen atoms in total. The molecule has 2 aromatic rings. The van der Waals surface area contributed by atoms with E-state index in [0.717, 1.165) is 30.5 Å². The van der Waals surface area contributed by atoms with Crippen molar-refractivity contribution in [1.82, 2.24) is 9.78 Å². The number of carbonyl (C=O) groups is 2. The molecular weight excluding hydrogens is 326 g/mol. The zero-order chi connectivity index (χ0) is 17.3. The zero-order valence-corrected chi connectivity index (χ0v) is 15.0. The van der Waals surface area contributed by atoms with Crippen LogP contribution in [0.25, 0.3) is 0 Å². The van der Waals surface area contributed by atoms with Crippen LogP contribution in [0.4, 0.5) is 5.00 Å². The van der Waals surface area contributed by atoms with Crippen LogP contribution in [-0.2, 0) is 24.1 Å². The van der Waals surface area contributed by atoms with Crippen molar-refractivity contribution < 1.29 is 14.3 Å². The lowest BCUT2D eigenvalue weighted by molar-refractivity contribution is 0.0527. The van der Waals surface area contributed by atoms with Crippen LogP contribution in [0.2, 0.25) is 0 Å². The molecule has 0 unspecified atom stereocenters. The van der Waals surface area contributed by atoms with Crippen molar-refractivity contribution in [3.8, 4) is 0 Å². The van der Waals surface area contributed by atoms with Crippen molar-refractivity contribution in [1.29, 1.82) is 0 Å². The fourth-order valence-corrected chi connectivity index (χ4v) is 4.29. The molecule has 2 heterocycles. The molecule has 0 aromatic carbocycles. The number of nitrogens with zero attached hydrogens (tertiary/aromatic N) is 2. The Kier molecular flexibility index (Phi) is 4.71. The van der Waals surface area contributed by atoms with Crippen molar-refractivity contribution in [2.45, 2.75) is 46.6 Å². The van der Waals surface area contributed by atoms with E-state index in [9.17, 15) is 9.59 Å². The number of thiophene rings is 1. The number of fused-ring (bicyclic) bond motifs is 1. The Morgan fingerprint density at radius 2 is 2.17 bits per heavy atom. The third kappa shape index (κ3) is 2.96. The first-order valence-electron chi connectivity index (χ1n) is 8.22. The van der Waals surface area contributed by atoms with Crippen molar-refractivity contribution in [3.63, 3.8) is 0 Å². The van der Waals surface area contributed by atoms with Crippen LogP contribution < -0.4 is 5.32 Å². The lowest BCUT2D eigenvalue weighted by Crippen LogP contribution is -2.16. The average molecular weight is 347 g/mol. The molecule has 1 N–H and O–H groups in total. The second-order valence-corrected chi connectivity index (χ2v) is 6.83. The van der Waals surface area contributed by atoms with Gasteiger partial charge in [-0.25, -0.2) is 4.79 Å². The smallest absolute Gasteiger partial charge is 0.341 e. The Balaban J connectivity index is 1.89. The second kappa shape index (κ2) is 6.76. The maximum atomic E-state index is 12.5. The molecular formula is C17H21N3O3S.